The summed E-state index contributed by atoms with van der Waals surface area (Å²) in [6.07, 6.45) is 0.717. The van der Waals surface area contributed by atoms with Gasteiger partial charge in [0.25, 0.3) is 0 Å². The molecule has 0 spiro atoms. The molecule has 1 aromatic carbocycles. The zero-order chi connectivity index (χ0) is 15.6. The third kappa shape index (κ3) is 4.86. The summed E-state index contributed by atoms with van der Waals surface area (Å²) in [6.45, 7) is 5.80. The molecule has 0 radical (unpaired) electrons. The van der Waals surface area contributed by atoms with E-state index < -0.39 is 20.0 Å². The molecule has 20 heavy (non-hydrogen) atoms. The van der Waals surface area contributed by atoms with E-state index in [-0.39, 0.29) is 15.8 Å². The first-order valence-electron chi connectivity index (χ1n) is 6.17. The Morgan fingerprint density at radius 3 is 1.85 bits per heavy atom. The van der Waals surface area contributed by atoms with Gasteiger partial charge in [0.1, 0.15) is 0 Å². The van der Waals surface area contributed by atoms with Gasteiger partial charge < -0.3 is 0 Å². The molecule has 0 heterocycles. The maximum absolute atomic E-state index is 12.1. The minimum Gasteiger partial charge on any atom is -0.225 e. The molecule has 0 saturated carbocycles. The van der Waals surface area contributed by atoms with E-state index in [0.717, 1.165) is 0 Å². The maximum atomic E-state index is 12.1. The molecule has 0 fully saturated rings. The van der Waals surface area contributed by atoms with Crippen LogP contribution in [-0.2, 0) is 20.0 Å². The Kier molecular flexibility index (Phi) is 5.31. The fourth-order valence-electron chi connectivity index (χ4n) is 1.90. The normalized spacial score (nSPS) is 14.4. The van der Waals surface area contributed by atoms with E-state index in [1.807, 2.05) is 13.8 Å². The summed E-state index contributed by atoms with van der Waals surface area (Å²) in [4.78, 5) is -0.104. The molecule has 0 aromatic heterocycles. The van der Waals surface area contributed by atoms with E-state index in [0.29, 0.717) is 12.3 Å². The number of sulfonamides is 2. The smallest absolute Gasteiger partial charge is 0.225 e. The van der Waals surface area contributed by atoms with Gasteiger partial charge in [0.15, 0.2) is 0 Å². The van der Waals surface area contributed by atoms with Crippen molar-refractivity contribution in [3.05, 3.63) is 24.3 Å². The average molecular weight is 320 g/mol. The SMILES string of the molecule is CC(C)CC(C)NS(=O)(=O)c1ccc(S(N)(=O)=O)cc1. The van der Waals surface area contributed by atoms with Crippen molar-refractivity contribution < 1.29 is 16.8 Å². The third-order valence-corrected chi connectivity index (χ3v) is 5.18. The average Bonchev–Trinajstić information content (AvgIpc) is 2.26. The van der Waals surface area contributed by atoms with E-state index >= 15 is 0 Å². The standard InChI is InChI=1S/C12H20N2O4S2/c1-9(2)8-10(3)14-20(17,18)12-6-4-11(5-7-12)19(13,15)16/h4-7,9-10,14H,8H2,1-3H3,(H2,13,15,16). The van der Waals surface area contributed by atoms with E-state index in [9.17, 15) is 16.8 Å². The summed E-state index contributed by atoms with van der Waals surface area (Å²) in [5.41, 5.74) is 0. The first-order valence-corrected chi connectivity index (χ1v) is 9.20. The third-order valence-electron chi connectivity index (χ3n) is 2.64. The Morgan fingerprint density at radius 1 is 1.00 bits per heavy atom. The number of rotatable bonds is 6. The number of hydrogen-bond donors (Lipinski definition) is 2. The first-order chi connectivity index (χ1) is 9.02. The molecule has 6 nitrogen and oxygen atoms in total. The lowest BCUT2D eigenvalue weighted by Crippen LogP contribution is -2.33. The number of nitrogens with two attached hydrogens (primary N) is 1. The zero-order valence-corrected chi connectivity index (χ0v) is 13.3. The van der Waals surface area contributed by atoms with Gasteiger partial charge in [0.2, 0.25) is 20.0 Å². The van der Waals surface area contributed by atoms with Crippen LogP contribution in [0.25, 0.3) is 0 Å². The summed E-state index contributed by atoms with van der Waals surface area (Å²) in [7, 11) is -7.47. The highest BCUT2D eigenvalue weighted by molar-refractivity contribution is 7.89. The molecule has 0 aliphatic heterocycles. The first kappa shape index (κ1) is 17.1. The van der Waals surface area contributed by atoms with Gasteiger partial charge in [-0.2, -0.15) is 0 Å². The van der Waals surface area contributed by atoms with Crippen molar-refractivity contribution in [2.45, 2.75) is 43.0 Å². The molecule has 0 bridgehead atoms. The van der Waals surface area contributed by atoms with Gasteiger partial charge in [0.05, 0.1) is 9.79 Å². The van der Waals surface area contributed by atoms with Gasteiger partial charge in [-0.05, 0) is 43.5 Å². The zero-order valence-electron chi connectivity index (χ0n) is 11.7. The van der Waals surface area contributed by atoms with E-state index in [4.69, 9.17) is 5.14 Å². The van der Waals surface area contributed by atoms with Crippen molar-refractivity contribution in [3.63, 3.8) is 0 Å². The summed E-state index contributed by atoms with van der Waals surface area (Å²) < 4.78 is 49.0. The Morgan fingerprint density at radius 2 is 1.45 bits per heavy atom. The Hall–Kier alpha value is -0.960. The summed E-state index contributed by atoms with van der Waals surface area (Å²) in [5.74, 6) is 0.373. The fourth-order valence-corrected chi connectivity index (χ4v) is 3.67. The molecule has 0 aliphatic rings. The Balaban J connectivity index is 2.94. The largest absolute Gasteiger partial charge is 0.240 e. The van der Waals surface area contributed by atoms with Gasteiger partial charge in [-0.3, -0.25) is 0 Å². The fraction of sp³-hybridized carbons (Fsp3) is 0.500. The second-order valence-corrected chi connectivity index (χ2v) is 8.44. The minimum atomic E-state index is -3.82. The molecule has 1 rings (SSSR count). The predicted molar refractivity (Wildman–Crippen MR) is 77.1 cm³/mol. The Labute approximate surface area is 120 Å². The molecule has 1 unspecified atom stereocenters. The molecular formula is C12H20N2O4S2. The van der Waals surface area contributed by atoms with Crippen molar-refractivity contribution in [3.8, 4) is 0 Å². The van der Waals surface area contributed by atoms with Gasteiger partial charge in [-0.15, -0.1) is 0 Å². The number of benzene rings is 1. The summed E-state index contributed by atoms with van der Waals surface area (Å²) in [6, 6.07) is 4.61. The Bertz CT molecular complexity index is 649. The van der Waals surface area contributed by atoms with Crippen LogP contribution in [0.15, 0.2) is 34.1 Å². The van der Waals surface area contributed by atoms with Crippen molar-refractivity contribution in [2.24, 2.45) is 11.1 Å². The van der Waals surface area contributed by atoms with Gasteiger partial charge in [-0.1, -0.05) is 13.8 Å². The van der Waals surface area contributed by atoms with Crippen molar-refractivity contribution >= 4 is 20.0 Å². The van der Waals surface area contributed by atoms with Crippen LogP contribution in [0.5, 0.6) is 0 Å². The molecule has 0 aliphatic carbocycles. The van der Waals surface area contributed by atoms with Crippen LogP contribution in [0.2, 0.25) is 0 Å². The van der Waals surface area contributed by atoms with Crippen LogP contribution in [0.1, 0.15) is 27.2 Å². The van der Waals surface area contributed by atoms with E-state index in [2.05, 4.69) is 4.72 Å². The maximum Gasteiger partial charge on any atom is 0.240 e. The molecule has 1 atom stereocenters. The topological polar surface area (TPSA) is 106 Å². The summed E-state index contributed by atoms with van der Waals surface area (Å²) >= 11 is 0. The molecule has 8 heteroatoms. The van der Waals surface area contributed by atoms with Crippen LogP contribution >= 0.6 is 0 Å². The number of nitrogens with one attached hydrogen (secondary N) is 1. The monoisotopic (exact) mass is 320 g/mol. The van der Waals surface area contributed by atoms with Crippen molar-refractivity contribution in [1.29, 1.82) is 0 Å². The van der Waals surface area contributed by atoms with Gasteiger partial charge in [0, 0.05) is 6.04 Å². The highest BCUT2D eigenvalue weighted by Gasteiger charge is 2.18. The van der Waals surface area contributed by atoms with Gasteiger partial charge in [-0.25, -0.2) is 26.7 Å². The second-order valence-electron chi connectivity index (χ2n) is 5.17. The van der Waals surface area contributed by atoms with Crippen LogP contribution in [0, 0.1) is 5.92 Å². The lowest BCUT2D eigenvalue weighted by molar-refractivity contribution is 0.482. The van der Waals surface area contributed by atoms with E-state index in [1.54, 1.807) is 6.92 Å². The number of primary sulfonamides is 1. The minimum absolute atomic E-state index is 0.0144. The van der Waals surface area contributed by atoms with Crippen molar-refractivity contribution in [1.82, 2.24) is 4.72 Å². The molecule has 1 aromatic rings. The molecule has 0 saturated heterocycles. The highest BCUT2D eigenvalue weighted by atomic mass is 32.2. The predicted octanol–water partition coefficient (Wildman–Crippen LogP) is 1.05. The highest BCUT2D eigenvalue weighted by Crippen LogP contribution is 2.15. The van der Waals surface area contributed by atoms with Crippen LogP contribution in [0.3, 0.4) is 0 Å². The molecule has 0 amide bonds. The quantitative estimate of drug-likeness (QED) is 0.817. The second kappa shape index (κ2) is 6.21. The van der Waals surface area contributed by atoms with Crippen molar-refractivity contribution in [2.75, 3.05) is 0 Å². The number of hydrogen-bond acceptors (Lipinski definition) is 4. The molecular weight excluding hydrogens is 300 g/mol. The van der Waals surface area contributed by atoms with Crippen LogP contribution < -0.4 is 9.86 Å². The van der Waals surface area contributed by atoms with E-state index in [1.165, 1.54) is 24.3 Å². The van der Waals surface area contributed by atoms with Crippen LogP contribution in [0.4, 0.5) is 0 Å². The summed E-state index contributed by atoms with van der Waals surface area (Å²) in [5, 5.41) is 4.96. The molecule has 3 N–H and O–H groups in total. The lowest BCUT2D eigenvalue weighted by atomic mass is 10.1. The van der Waals surface area contributed by atoms with Gasteiger partial charge >= 0.3 is 0 Å². The lowest BCUT2D eigenvalue weighted by Gasteiger charge is -2.16. The van der Waals surface area contributed by atoms with Crippen LogP contribution in [-0.4, -0.2) is 22.9 Å². The molecule has 114 valence electrons.